The zero-order valence-corrected chi connectivity index (χ0v) is 13.4. The van der Waals surface area contributed by atoms with E-state index in [9.17, 15) is 9.59 Å². The van der Waals surface area contributed by atoms with E-state index in [0.717, 1.165) is 5.71 Å². The second-order valence-electron chi connectivity index (χ2n) is 5.68. The molecule has 0 saturated carbocycles. The summed E-state index contributed by atoms with van der Waals surface area (Å²) in [5.41, 5.74) is 0.154. The number of nitrogens with one attached hydrogen (secondary N) is 2. The quantitative estimate of drug-likeness (QED) is 0.550. The Labute approximate surface area is 124 Å². The Kier molecular flexibility index (Phi) is 5.28. The average Bonchev–Trinajstić information content (AvgIpc) is 2.74. The molecule has 1 aliphatic rings. The van der Waals surface area contributed by atoms with Gasteiger partial charge in [0.05, 0.1) is 0 Å². The van der Waals surface area contributed by atoms with Gasteiger partial charge in [0.1, 0.15) is 11.8 Å². The number of carbonyl (C=O) groups excluding carboxylic acids is 2. The Balaban J connectivity index is 2.83. The van der Waals surface area contributed by atoms with Crippen LogP contribution in [0, 0.1) is 0 Å². The molecule has 1 atom stereocenters. The Morgan fingerprint density at radius 2 is 2.05 bits per heavy atom. The first-order valence-electron chi connectivity index (χ1n) is 6.69. The number of likely N-dealkylation sites (N-methyl/N-ethyl adjacent to an activating group) is 1. The van der Waals surface area contributed by atoms with Gasteiger partial charge in [0.2, 0.25) is 0 Å². The van der Waals surface area contributed by atoms with Crippen LogP contribution in [-0.4, -0.2) is 54.4 Å². The molecule has 0 aromatic rings. The molecule has 0 radical (unpaired) electrons. The number of hydrogen-bond donors (Lipinski definition) is 2. The summed E-state index contributed by atoms with van der Waals surface area (Å²) in [7, 11) is 3.01. The molecule has 21 heavy (non-hydrogen) atoms. The van der Waals surface area contributed by atoms with Crippen molar-refractivity contribution in [3.05, 3.63) is 0 Å². The van der Waals surface area contributed by atoms with Crippen LogP contribution in [0.2, 0.25) is 0 Å². The Morgan fingerprint density at radius 1 is 1.43 bits per heavy atom. The van der Waals surface area contributed by atoms with Crippen molar-refractivity contribution in [3.63, 3.8) is 0 Å². The molecule has 0 fully saturated rings. The van der Waals surface area contributed by atoms with Gasteiger partial charge in [-0.05, 0) is 27.7 Å². The van der Waals surface area contributed by atoms with Gasteiger partial charge in [-0.15, -0.1) is 0 Å². The molecule has 1 heterocycles. The summed E-state index contributed by atoms with van der Waals surface area (Å²) in [6.45, 7) is 7.15. The Bertz CT molecular complexity index is 479. The predicted molar refractivity (Wildman–Crippen MR) is 80.1 cm³/mol. The number of hydrazone groups is 1. The van der Waals surface area contributed by atoms with Gasteiger partial charge in [0.15, 0.2) is 5.84 Å². The van der Waals surface area contributed by atoms with Crippen LogP contribution in [0.25, 0.3) is 0 Å². The molecule has 118 valence electrons. The van der Waals surface area contributed by atoms with Crippen molar-refractivity contribution in [2.24, 2.45) is 10.1 Å². The van der Waals surface area contributed by atoms with E-state index in [-0.39, 0.29) is 11.7 Å². The molecule has 2 N–H and O–H groups in total. The summed E-state index contributed by atoms with van der Waals surface area (Å²) in [5, 5.41) is 10.7. The third-order valence-electron chi connectivity index (χ3n) is 2.61. The summed E-state index contributed by atoms with van der Waals surface area (Å²) in [4.78, 5) is 27.7. The van der Waals surface area contributed by atoms with Crippen molar-refractivity contribution >= 4 is 23.5 Å². The van der Waals surface area contributed by atoms with E-state index in [1.807, 2.05) is 6.92 Å². The zero-order valence-electron chi connectivity index (χ0n) is 13.4. The van der Waals surface area contributed by atoms with Crippen LogP contribution >= 0.6 is 0 Å². The normalized spacial score (nSPS) is 19.1. The van der Waals surface area contributed by atoms with Gasteiger partial charge in [-0.1, -0.05) is 0 Å². The maximum absolute atomic E-state index is 12.1. The SMILES string of the molecule is CN=C(NC1CC(C)=NN1C(=O)OC(C)(C)C)C(=O)NC. The second kappa shape index (κ2) is 6.55. The number of carbonyl (C=O) groups is 2. The molecule has 2 amide bonds. The molecule has 0 aromatic carbocycles. The van der Waals surface area contributed by atoms with E-state index in [2.05, 4.69) is 20.7 Å². The first-order chi connectivity index (χ1) is 9.67. The van der Waals surface area contributed by atoms with Crippen molar-refractivity contribution in [1.29, 1.82) is 0 Å². The third kappa shape index (κ3) is 4.73. The standard InChI is InChI=1S/C13H23N5O3/c1-8-7-9(16-10(14-5)11(19)15-6)18(17-8)12(20)21-13(2,3)4/h9H,7H2,1-6H3,(H,14,16)(H,15,19). The lowest BCUT2D eigenvalue weighted by molar-refractivity contribution is -0.114. The highest BCUT2D eigenvalue weighted by Gasteiger charge is 2.34. The monoisotopic (exact) mass is 297 g/mol. The minimum Gasteiger partial charge on any atom is -0.442 e. The van der Waals surface area contributed by atoms with Crippen LogP contribution in [0.15, 0.2) is 10.1 Å². The van der Waals surface area contributed by atoms with Crippen LogP contribution in [0.5, 0.6) is 0 Å². The van der Waals surface area contributed by atoms with Gasteiger partial charge in [-0.25, -0.2) is 4.79 Å². The van der Waals surface area contributed by atoms with E-state index in [0.29, 0.717) is 6.42 Å². The number of amidine groups is 1. The van der Waals surface area contributed by atoms with Crippen molar-refractivity contribution in [1.82, 2.24) is 15.6 Å². The summed E-state index contributed by atoms with van der Waals surface area (Å²) >= 11 is 0. The van der Waals surface area contributed by atoms with Gasteiger partial charge in [0.25, 0.3) is 5.91 Å². The largest absolute Gasteiger partial charge is 0.442 e. The van der Waals surface area contributed by atoms with Crippen molar-refractivity contribution < 1.29 is 14.3 Å². The lowest BCUT2D eigenvalue weighted by atomic mass is 10.2. The fourth-order valence-electron chi connectivity index (χ4n) is 1.76. The van der Waals surface area contributed by atoms with Gasteiger partial charge in [-0.3, -0.25) is 9.79 Å². The number of ether oxygens (including phenoxy) is 1. The van der Waals surface area contributed by atoms with Crippen molar-refractivity contribution in [2.75, 3.05) is 14.1 Å². The fourth-order valence-corrected chi connectivity index (χ4v) is 1.76. The fraction of sp³-hybridized carbons (Fsp3) is 0.692. The topological polar surface area (TPSA) is 95.4 Å². The van der Waals surface area contributed by atoms with Crippen LogP contribution in [0.1, 0.15) is 34.1 Å². The first kappa shape index (κ1) is 16.9. The summed E-state index contributed by atoms with van der Waals surface area (Å²) < 4.78 is 5.30. The molecule has 1 rings (SSSR count). The molecular weight excluding hydrogens is 274 g/mol. The highest BCUT2D eigenvalue weighted by atomic mass is 16.6. The maximum Gasteiger partial charge on any atom is 0.432 e. The minimum atomic E-state index is -0.615. The predicted octanol–water partition coefficient (Wildman–Crippen LogP) is 0.693. The molecule has 1 aliphatic heterocycles. The van der Waals surface area contributed by atoms with Crippen LogP contribution in [-0.2, 0) is 9.53 Å². The van der Waals surface area contributed by atoms with E-state index in [1.54, 1.807) is 20.8 Å². The lowest BCUT2D eigenvalue weighted by Gasteiger charge is -2.27. The number of rotatable bonds is 1. The number of hydrogen-bond acceptors (Lipinski definition) is 5. The third-order valence-corrected chi connectivity index (χ3v) is 2.61. The Hall–Kier alpha value is -2.12. The number of amides is 2. The van der Waals surface area contributed by atoms with Crippen molar-refractivity contribution in [3.8, 4) is 0 Å². The molecule has 8 nitrogen and oxygen atoms in total. The molecular formula is C13H23N5O3. The maximum atomic E-state index is 12.1. The molecule has 8 heteroatoms. The van der Waals surface area contributed by atoms with Gasteiger partial charge in [-0.2, -0.15) is 10.1 Å². The van der Waals surface area contributed by atoms with Gasteiger partial charge >= 0.3 is 6.09 Å². The highest BCUT2D eigenvalue weighted by molar-refractivity contribution is 6.37. The molecule has 0 aromatic heterocycles. The van der Waals surface area contributed by atoms with Gasteiger partial charge in [0, 0.05) is 26.2 Å². The molecule has 0 aliphatic carbocycles. The van der Waals surface area contributed by atoms with E-state index in [1.165, 1.54) is 19.1 Å². The lowest BCUT2D eigenvalue weighted by Crippen LogP contribution is -2.51. The van der Waals surface area contributed by atoms with E-state index in [4.69, 9.17) is 4.74 Å². The second-order valence-corrected chi connectivity index (χ2v) is 5.68. The summed E-state index contributed by atoms with van der Waals surface area (Å²) in [6, 6.07) is 0. The summed E-state index contributed by atoms with van der Waals surface area (Å²) in [5.74, 6) is -0.216. The molecule has 1 unspecified atom stereocenters. The average molecular weight is 297 g/mol. The van der Waals surface area contributed by atoms with Gasteiger partial charge < -0.3 is 15.4 Å². The molecule has 0 saturated heterocycles. The van der Waals surface area contributed by atoms with E-state index < -0.39 is 17.9 Å². The number of aliphatic imine (C=N–C) groups is 1. The minimum absolute atomic E-state index is 0.140. The Morgan fingerprint density at radius 3 is 2.52 bits per heavy atom. The first-order valence-corrected chi connectivity index (χ1v) is 6.69. The van der Waals surface area contributed by atoms with Crippen LogP contribution < -0.4 is 10.6 Å². The van der Waals surface area contributed by atoms with Crippen LogP contribution in [0.3, 0.4) is 0 Å². The zero-order chi connectivity index (χ0) is 16.2. The summed E-state index contributed by atoms with van der Waals surface area (Å²) in [6.07, 6.45) is -0.560. The highest BCUT2D eigenvalue weighted by Crippen LogP contribution is 2.18. The van der Waals surface area contributed by atoms with E-state index >= 15 is 0 Å². The molecule has 0 bridgehead atoms. The van der Waals surface area contributed by atoms with Crippen LogP contribution in [0.4, 0.5) is 4.79 Å². The molecule has 0 spiro atoms. The smallest absolute Gasteiger partial charge is 0.432 e. The van der Waals surface area contributed by atoms with Crippen molar-refractivity contribution in [2.45, 2.75) is 45.9 Å². The number of nitrogens with zero attached hydrogens (tertiary/aromatic N) is 3.